The van der Waals surface area contributed by atoms with Gasteiger partial charge in [-0.15, -0.1) is 11.8 Å². The fourth-order valence-corrected chi connectivity index (χ4v) is 15.0. The molecule has 0 spiro atoms. The summed E-state index contributed by atoms with van der Waals surface area (Å²) in [6.07, 6.45) is 1.99. The average Bonchev–Trinajstić information content (AvgIpc) is 2.62. The lowest BCUT2D eigenvalue weighted by atomic mass is 10.5. The van der Waals surface area contributed by atoms with E-state index < -0.39 is 17.6 Å². The van der Waals surface area contributed by atoms with Gasteiger partial charge in [0.25, 0.3) is 0 Å². The van der Waals surface area contributed by atoms with Gasteiger partial charge in [0, 0.05) is 39.6 Å². The Hall–Kier alpha value is 0.894. The zero-order valence-electron chi connectivity index (χ0n) is 18.5. The Labute approximate surface area is 182 Å². The van der Waals surface area contributed by atoms with Crippen molar-refractivity contribution in [2.24, 2.45) is 0 Å². The predicted octanol–water partition coefficient (Wildman–Crippen LogP) is 4.16. The second kappa shape index (κ2) is 14.8. The Morgan fingerprint density at radius 2 is 0.857 bits per heavy atom. The molecule has 1 rings (SSSR count). The van der Waals surface area contributed by atoms with Crippen LogP contribution in [0.5, 0.6) is 0 Å². The molecule has 0 saturated carbocycles. The Morgan fingerprint density at radius 1 is 0.571 bits per heavy atom. The topological polar surface area (TPSA) is 55.4 Å². The number of hydrogen-bond donors (Lipinski definition) is 0. The second-order valence-corrected chi connectivity index (χ2v) is 15.1. The molecule has 1 saturated heterocycles. The fraction of sp³-hybridized carbons (Fsp3) is 1.00. The van der Waals surface area contributed by atoms with Gasteiger partial charge in [-0.05, 0) is 65.9 Å². The molecule has 0 bridgehead atoms. The van der Waals surface area contributed by atoms with Gasteiger partial charge in [-0.1, -0.05) is 0 Å². The molecule has 0 aromatic heterocycles. The van der Waals surface area contributed by atoms with Crippen LogP contribution < -0.4 is 0 Å². The molecule has 168 valence electrons. The van der Waals surface area contributed by atoms with E-state index in [1.54, 1.807) is 0 Å². The van der Waals surface area contributed by atoms with Crippen molar-refractivity contribution < 1.29 is 26.6 Å². The van der Waals surface area contributed by atoms with Crippen molar-refractivity contribution >= 4 is 41.1 Å². The summed E-state index contributed by atoms with van der Waals surface area (Å²) in [4.78, 5) is 0.303. The molecule has 10 heteroatoms. The molecule has 0 aromatic rings. The van der Waals surface area contributed by atoms with Gasteiger partial charge in [-0.3, -0.25) is 0 Å². The summed E-state index contributed by atoms with van der Waals surface area (Å²) in [6, 6.07) is 0. The summed E-state index contributed by atoms with van der Waals surface area (Å²) >= 11 is 3.85. The highest BCUT2D eigenvalue weighted by molar-refractivity contribution is 8.04. The molecule has 0 aliphatic carbocycles. The summed E-state index contributed by atoms with van der Waals surface area (Å²) in [5.74, 6) is 2.16. The first-order chi connectivity index (χ1) is 13.6. The van der Waals surface area contributed by atoms with Crippen LogP contribution in [0.1, 0.15) is 54.4 Å². The van der Waals surface area contributed by atoms with E-state index in [1.165, 1.54) is 0 Å². The summed E-state index contributed by atoms with van der Waals surface area (Å²) in [7, 11) is -5.67. The molecule has 2 atom stereocenters. The van der Waals surface area contributed by atoms with E-state index in [2.05, 4.69) is 0 Å². The van der Waals surface area contributed by atoms with Gasteiger partial charge >= 0.3 is 17.6 Å². The zero-order valence-corrected chi connectivity index (χ0v) is 22.1. The molecule has 1 aliphatic rings. The van der Waals surface area contributed by atoms with E-state index in [0.29, 0.717) is 39.6 Å². The van der Waals surface area contributed by atoms with Gasteiger partial charge in [-0.2, -0.15) is 11.8 Å². The lowest BCUT2D eigenvalue weighted by molar-refractivity contribution is 0.0674. The first kappa shape index (κ1) is 26.9. The molecule has 1 fully saturated rings. The summed E-state index contributed by atoms with van der Waals surface area (Å²) in [5.41, 5.74) is 0. The third-order valence-corrected chi connectivity index (χ3v) is 15.3. The Kier molecular flexibility index (Phi) is 14.3. The molecule has 1 heterocycles. The van der Waals surface area contributed by atoms with E-state index in [4.69, 9.17) is 26.6 Å². The summed E-state index contributed by atoms with van der Waals surface area (Å²) < 4.78 is 37.5. The zero-order chi connectivity index (χ0) is 20.9. The third-order valence-electron chi connectivity index (χ3n) is 4.24. The predicted molar refractivity (Wildman–Crippen MR) is 123 cm³/mol. The Bertz CT molecular complexity index is 340. The van der Waals surface area contributed by atoms with Crippen molar-refractivity contribution in [3.05, 3.63) is 0 Å². The van der Waals surface area contributed by atoms with Crippen molar-refractivity contribution in [3.8, 4) is 0 Å². The molecule has 28 heavy (non-hydrogen) atoms. The van der Waals surface area contributed by atoms with Gasteiger partial charge in [0.2, 0.25) is 0 Å². The monoisotopic (exact) mass is 472 g/mol. The van der Waals surface area contributed by atoms with Crippen molar-refractivity contribution in [2.75, 3.05) is 51.1 Å². The SMILES string of the molecule is CCO[Si](OCC)(OCC)C1CCSCCC([Si](OCC)(OCC)OCC)S1. The van der Waals surface area contributed by atoms with Crippen LogP contribution in [0.15, 0.2) is 0 Å². The number of hydrogen-bond acceptors (Lipinski definition) is 8. The van der Waals surface area contributed by atoms with Crippen molar-refractivity contribution in [2.45, 2.75) is 64.1 Å². The highest BCUT2D eigenvalue weighted by atomic mass is 32.2. The molecule has 0 aromatic carbocycles. The van der Waals surface area contributed by atoms with Crippen molar-refractivity contribution in [1.29, 1.82) is 0 Å². The average molecular weight is 473 g/mol. The highest BCUT2D eigenvalue weighted by Gasteiger charge is 2.56. The smallest absolute Gasteiger partial charge is 0.373 e. The van der Waals surface area contributed by atoms with Crippen LogP contribution >= 0.6 is 23.5 Å². The minimum atomic E-state index is -2.83. The maximum absolute atomic E-state index is 6.24. The summed E-state index contributed by atoms with van der Waals surface area (Å²) in [5, 5.41) is 0. The van der Waals surface area contributed by atoms with Gasteiger partial charge in [0.05, 0.1) is 9.75 Å². The number of rotatable bonds is 14. The van der Waals surface area contributed by atoms with Crippen LogP contribution in [0.2, 0.25) is 0 Å². The molecule has 2 unspecified atom stereocenters. The standard InChI is InChI=1S/C18H40O6S2Si2/c1-7-19-27(20-8-2,21-9-3)17-13-15-25-16-14-18(26-17)28(22-10-4,23-11-5)24-12-6/h17-18H,7-16H2,1-6H3. The molecular weight excluding hydrogens is 432 g/mol. The normalized spacial score (nSPS) is 22.1. The molecular formula is C18H40O6S2Si2. The Balaban J connectivity index is 3.23. The van der Waals surface area contributed by atoms with Crippen LogP contribution in [-0.4, -0.2) is 78.5 Å². The minimum absolute atomic E-state index is 0.151. The first-order valence-electron chi connectivity index (χ1n) is 10.6. The van der Waals surface area contributed by atoms with Gasteiger partial charge in [0.15, 0.2) is 0 Å². The van der Waals surface area contributed by atoms with E-state index in [9.17, 15) is 0 Å². The molecule has 0 radical (unpaired) electrons. The maximum atomic E-state index is 6.24. The van der Waals surface area contributed by atoms with Crippen LogP contribution in [0.4, 0.5) is 0 Å². The van der Waals surface area contributed by atoms with Gasteiger partial charge in [-0.25, -0.2) is 0 Å². The van der Waals surface area contributed by atoms with E-state index in [1.807, 2.05) is 65.1 Å². The van der Waals surface area contributed by atoms with Crippen LogP contribution in [0.3, 0.4) is 0 Å². The second-order valence-electron chi connectivity index (χ2n) is 6.11. The molecule has 6 nitrogen and oxygen atoms in total. The first-order valence-corrected chi connectivity index (χ1v) is 16.3. The highest BCUT2D eigenvalue weighted by Crippen LogP contribution is 2.40. The minimum Gasteiger partial charge on any atom is -0.373 e. The third kappa shape index (κ3) is 7.54. The molecule has 0 amide bonds. The number of thioether (sulfide) groups is 2. The Morgan fingerprint density at radius 3 is 1.11 bits per heavy atom. The molecule has 1 aliphatic heterocycles. The van der Waals surface area contributed by atoms with Crippen LogP contribution in [0, 0.1) is 0 Å². The largest absolute Gasteiger partial charge is 0.514 e. The van der Waals surface area contributed by atoms with E-state index in [-0.39, 0.29) is 9.75 Å². The van der Waals surface area contributed by atoms with Crippen LogP contribution in [0.25, 0.3) is 0 Å². The van der Waals surface area contributed by atoms with Crippen molar-refractivity contribution in [3.63, 3.8) is 0 Å². The van der Waals surface area contributed by atoms with E-state index in [0.717, 1.165) is 24.3 Å². The van der Waals surface area contributed by atoms with E-state index >= 15 is 0 Å². The summed E-state index contributed by atoms with van der Waals surface area (Å²) in [6.45, 7) is 15.6. The van der Waals surface area contributed by atoms with Gasteiger partial charge < -0.3 is 26.6 Å². The van der Waals surface area contributed by atoms with Gasteiger partial charge in [0.1, 0.15) is 0 Å². The lowest BCUT2D eigenvalue weighted by Crippen LogP contribution is -2.60. The lowest BCUT2D eigenvalue weighted by Gasteiger charge is -2.41. The quantitative estimate of drug-likeness (QED) is 0.349. The molecule has 0 N–H and O–H groups in total. The fourth-order valence-electron chi connectivity index (χ4n) is 3.35. The maximum Gasteiger partial charge on any atom is 0.514 e. The van der Waals surface area contributed by atoms with Crippen LogP contribution in [-0.2, 0) is 26.6 Å². The van der Waals surface area contributed by atoms with Crippen molar-refractivity contribution in [1.82, 2.24) is 0 Å².